The second kappa shape index (κ2) is 6.76. The fraction of sp³-hybridized carbons (Fsp3) is 0.211. The maximum atomic E-state index is 12.4. The van der Waals surface area contributed by atoms with Gasteiger partial charge < -0.3 is 14.2 Å². The first-order valence-corrected chi connectivity index (χ1v) is 7.73. The first kappa shape index (κ1) is 16.7. The number of hydrogen-bond donors (Lipinski definition) is 0. The minimum atomic E-state index is -0.459. The van der Waals surface area contributed by atoms with E-state index in [4.69, 9.17) is 14.2 Å². The molecule has 0 saturated carbocycles. The maximum absolute atomic E-state index is 12.4. The van der Waals surface area contributed by atoms with Gasteiger partial charge in [-0.3, -0.25) is 14.4 Å². The molecule has 0 radical (unpaired) electrons. The Morgan fingerprint density at radius 1 is 0.960 bits per heavy atom. The van der Waals surface area contributed by atoms with Gasteiger partial charge in [-0.15, -0.1) is 0 Å². The number of carbonyl (C=O) groups excluding carboxylic acids is 3. The highest BCUT2D eigenvalue weighted by Gasteiger charge is 2.28. The molecule has 1 aliphatic heterocycles. The second-order valence-corrected chi connectivity index (χ2v) is 5.65. The maximum Gasteiger partial charge on any atom is 0.308 e. The average Bonchev–Trinajstić information content (AvgIpc) is 2.54. The number of esters is 2. The molecule has 0 spiro atoms. The van der Waals surface area contributed by atoms with Crippen molar-refractivity contribution in [2.45, 2.75) is 26.4 Å². The van der Waals surface area contributed by atoms with Crippen molar-refractivity contribution in [3.63, 3.8) is 0 Å². The molecular weight excluding hydrogens is 324 g/mol. The Bertz CT molecular complexity index is 837. The average molecular weight is 340 g/mol. The van der Waals surface area contributed by atoms with Gasteiger partial charge >= 0.3 is 11.9 Å². The number of Topliss-reactive ketones (excluding diaryl/α,β-unsaturated/α-hetero) is 1. The summed E-state index contributed by atoms with van der Waals surface area (Å²) in [6.45, 7) is 2.63. The second-order valence-electron chi connectivity index (χ2n) is 5.65. The number of fused-ring (bicyclic) bond motifs is 1. The summed E-state index contributed by atoms with van der Waals surface area (Å²) in [5, 5.41) is 0. The molecule has 0 saturated heterocycles. The molecule has 128 valence electrons. The molecule has 1 heterocycles. The molecule has 0 aromatic heterocycles. The van der Waals surface area contributed by atoms with E-state index in [1.807, 2.05) is 0 Å². The summed E-state index contributed by atoms with van der Waals surface area (Å²) < 4.78 is 15.9. The Morgan fingerprint density at radius 3 is 2.20 bits per heavy atom. The van der Waals surface area contributed by atoms with Crippen LogP contribution in [0.4, 0.5) is 0 Å². The number of benzene rings is 2. The lowest BCUT2D eigenvalue weighted by Gasteiger charge is -2.26. The largest absolute Gasteiger partial charge is 0.484 e. The van der Waals surface area contributed by atoms with Crippen LogP contribution in [0.15, 0.2) is 42.5 Å². The van der Waals surface area contributed by atoms with Crippen molar-refractivity contribution in [2.24, 2.45) is 0 Å². The highest BCUT2D eigenvalue weighted by molar-refractivity contribution is 6.00. The van der Waals surface area contributed by atoms with E-state index in [0.29, 0.717) is 22.8 Å². The molecule has 0 amide bonds. The van der Waals surface area contributed by atoms with E-state index < -0.39 is 18.0 Å². The smallest absolute Gasteiger partial charge is 0.308 e. The first-order chi connectivity index (χ1) is 11.9. The van der Waals surface area contributed by atoms with Gasteiger partial charge in [0.25, 0.3) is 0 Å². The van der Waals surface area contributed by atoms with Crippen LogP contribution in [0.1, 0.15) is 42.3 Å². The summed E-state index contributed by atoms with van der Waals surface area (Å²) in [6, 6.07) is 11.5. The number of ether oxygens (including phenoxy) is 3. The third kappa shape index (κ3) is 3.85. The van der Waals surface area contributed by atoms with Gasteiger partial charge in [0, 0.05) is 19.9 Å². The van der Waals surface area contributed by atoms with Gasteiger partial charge in [-0.25, -0.2) is 0 Å². The normalized spacial score (nSPS) is 15.8. The fourth-order valence-corrected chi connectivity index (χ4v) is 2.64. The van der Waals surface area contributed by atoms with Gasteiger partial charge in [0.05, 0.1) is 12.0 Å². The van der Waals surface area contributed by atoms with Crippen LogP contribution in [-0.4, -0.2) is 17.7 Å². The summed E-state index contributed by atoms with van der Waals surface area (Å²) in [4.78, 5) is 34.4. The van der Waals surface area contributed by atoms with Crippen molar-refractivity contribution in [2.75, 3.05) is 0 Å². The molecule has 0 N–H and O–H groups in total. The van der Waals surface area contributed by atoms with E-state index in [1.165, 1.54) is 19.9 Å². The Labute approximate surface area is 144 Å². The van der Waals surface area contributed by atoms with Crippen LogP contribution >= 0.6 is 0 Å². The zero-order valence-corrected chi connectivity index (χ0v) is 13.8. The van der Waals surface area contributed by atoms with Crippen molar-refractivity contribution in [3.8, 4) is 17.2 Å². The third-order valence-corrected chi connectivity index (χ3v) is 3.67. The van der Waals surface area contributed by atoms with Gasteiger partial charge in [0.2, 0.25) is 0 Å². The van der Waals surface area contributed by atoms with Crippen LogP contribution in [0, 0.1) is 0 Å². The van der Waals surface area contributed by atoms with E-state index in [2.05, 4.69) is 0 Å². The predicted molar refractivity (Wildman–Crippen MR) is 87.8 cm³/mol. The van der Waals surface area contributed by atoms with Crippen LogP contribution in [0.5, 0.6) is 17.2 Å². The summed E-state index contributed by atoms with van der Waals surface area (Å²) in [6.07, 6.45) is -0.258. The Balaban J connectivity index is 1.83. The molecule has 6 nitrogen and oxygen atoms in total. The van der Waals surface area contributed by atoms with Crippen molar-refractivity contribution in [1.82, 2.24) is 0 Å². The van der Waals surface area contributed by atoms with Gasteiger partial charge in [0.15, 0.2) is 5.78 Å². The number of hydrogen-bond acceptors (Lipinski definition) is 6. The van der Waals surface area contributed by atoms with Crippen LogP contribution in [0.2, 0.25) is 0 Å². The molecule has 0 fully saturated rings. The Morgan fingerprint density at radius 2 is 1.56 bits per heavy atom. The van der Waals surface area contributed by atoms with Crippen molar-refractivity contribution in [1.29, 1.82) is 0 Å². The van der Waals surface area contributed by atoms with Gasteiger partial charge in [-0.2, -0.15) is 0 Å². The predicted octanol–water partition coefficient (Wildman–Crippen LogP) is 3.24. The molecule has 1 aliphatic rings. The van der Waals surface area contributed by atoms with Crippen LogP contribution in [0.25, 0.3) is 0 Å². The molecule has 3 rings (SSSR count). The quantitative estimate of drug-likeness (QED) is 0.630. The molecule has 25 heavy (non-hydrogen) atoms. The molecule has 6 heteroatoms. The van der Waals surface area contributed by atoms with E-state index in [0.717, 1.165) is 5.56 Å². The Hall–Kier alpha value is -3.15. The monoisotopic (exact) mass is 340 g/mol. The third-order valence-electron chi connectivity index (χ3n) is 3.67. The molecule has 1 unspecified atom stereocenters. The topological polar surface area (TPSA) is 78.9 Å². The van der Waals surface area contributed by atoms with Gasteiger partial charge in [0.1, 0.15) is 23.4 Å². The van der Waals surface area contributed by atoms with Crippen molar-refractivity contribution in [3.05, 3.63) is 53.6 Å². The van der Waals surface area contributed by atoms with Crippen LogP contribution < -0.4 is 14.2 Å². The summed E-state index contributed by atoms with van der Waals surface area (Å²) in [5.74, 6) is 0.234. The van der Waals surface area contributed by atoms with Gasteiger partial charge in [-0.1, -0.05) is 12.1 Å². The molecular formula is C19H16O6. The lowest BCUT2D eigenvalue weighted by atomic mass is 9.96. The lowest BCUT2D eigenvalue weighted by molar-refractivity contribution is -0.132. The van der Waals surface area contributed by atoms with Crippen molar-refractivity contribution >= 4 is 17.7 Å². The molecule has 1 atom stereocenters. The minimum absolute atomic E-state index is 0.0512. The molecule has 0 aliphatic carbocycles. The zero-order chi connectivity index (χ0) is 18.0. The van der Waals surface area contributed by atoms with E-state index >= 15 is 0 Å². The highest BCUT2D eigenvalue weighted by Crippen LogP contribution is 2.37. The van der Waals surface area contributed by atoms with Gasteiger partial charge in [-0.05, 0) is 29.8 Å². The van der Waals surface area contributed by atoms with E-state index in [9.17, 15) is 14.4 Å². The highest BCUT2D eigenvalue weighted by atomic mass is 16.5. The minimum Gasteiger partial charge on any atom is -0.484 e. The fourth-order valence-electron chi connectivity index (χ4n) is 2.64. The summed E-state index contributed by atoms with van der Waals surface area (Å²) >= 11 is 0. The zero-order valence-electron chi connectivity index (χ0n) is 13.8. The SMILES string of the molecule is CC(=O)Oc1ccc(C2CC(=O)c3ccc(OC(C)=O)cc3O2)cc1. The van der Waals surface area contributed by atoms with Crippen LogP contribution in [-0.2, 0) is 9.59 Å². The number of rotatable bonds is 3. The van der Waals surface area contributed by atoms with E-state index in [-0.39, 0.29) is 12.2 Å². The standard InChI is InChI=1S/C19H16O6/c1-11(20)23-14-5-3-13(4-6-14)18-10-17(22)16-8-7-15(24-12(2)21)9-19(16)25-18/h3-9,18H,10H2,1-2H3. The summed E-state index contributed by atoms with van der Waals surface area (Å²) in [5.41, 5.74) is 1.25. The molecule has 2 aromatic carbocycles. The Kier molecular flexibility index (Phi) is 4.52. The number of carbonyl (C=O) groups is 3. The molecule has 0 bridgehead atoms. The van der Waals surface area contributed by atoms with Crippen molar-refractivity contribution < 1.29 is 28.6 Å². The number of ketones is 1. The first-order valence-electron chi connectivity index (χ1n) is 7.73. The molecule has 2 aromatic rings. The lowest BCUT2D eigenvalue weighted by Crippen LogP contribution is -2.20. The van der Waals surface area contributed by atoms with E-state index in [1.54, 1.807) is 36.4 Å². The summed E-state index contributed by atoms with van der Waals surface area (Å²) in [7, 11) is 0. The van der Waals surface area contributed by atoms with Crippen LogP contribution in [0.3, 0.4) is 0 Å².